The van der Waals surface area contributed by atoms with Crippen LogP contribution in [0.3, 0.4) is 0 Å². The quantitative estimate of drug-likeness (QED) is 0.522. The minimum absolute atomic E-state index is 0.368. The van der Waals surface area contributed by atoms with E-state index in [2.05, 4.69) is 4.13 Å². The van der Waals surface area contributed by atoms with Crippen LogP contribution >= 0.6 is 23.9 Å². The molecule has 0 fully saturated rings. The molecule has 44 valence electrons. The molecule has 0 spiro atoms. The van der Waals surface area contributed by atoms with Gasteiger partial charge in [0.15, 0.2) is 0 Å². The van der Waals surface area contributed by atoms with Gasteiger partial charge in [-0.15, -0.1) is 0 Å². The molecule has 3 N–H and O–H groups in total. The molecule has 5 heteroatoms. The summed E-state index contributed by atoms with van der Waals surface area (Å²) in [7, 11) is 0. The lowest BCUT2D eigenvalue weighted by Crippen LogP contribution is -2.10. The lowest BCUT2D eigenvalue weighted by atomic mass is 10.6. The smallest absolute Gasteiger partial charge is 0.257 e. The van der Waals surface area contributed by atoms with Gasteiger partial charge >= 0.3 is 0 Å². The first-order chi connectivity index (χ1) is 3.80. The number of hydrogen-bond donors (Lipinski definition) is 2. The van der Waals surface area contributed by atoms with E-state index in [0.29, 0.717) is 4.91 Å². The van der Waals surface area contributed by atoms with E-state index in [4.69, 9.17) is 5.73 Å². The fraction of sp³-hybridized carbons (Fsp3) is 0. The first-order valence-corrected chi connectivity index (χ1v) is 3.58. The molecule has 1 rings (SSSR count). The molecule has 0 saturated carbocycles. The van der Waals surface area contributed by atoms with Crippen LogP contribution in [0, 0.1) is 0 Å². The van der Waals surface area contributed by atoms with Crippen LogP contribution in [0.25, 0.3) is 0 Å². The molecule has 0 atom stereocenters. The number of carbonyl (C=O) groups is 1. The second-order valence-corrected chi connectivity index (χ2v) is 2.93. The molecule has 0 bridgehead atoms. The summed E-state index contributed by atoms with van der Waals surface area (Å²) in [6.07, 6.45) is 0. The number of nitrogens with two attached hydrogens (primary N) is 1. The topological polar surface area (TPSA) is 55.1 Å². The highest BCUT2D eigenvalue weighted by molar-refractivity contribution is 8.19. The molecule has 1 aliphatic rings. The molecular weight excluding hydrogens is 144 g/mol. The van der Waals surface area contributed by atoms with Crippen molar-refractivity contribution in [3.8, 4) is 0 Å². The Kier molecular flexibility index (Phi) is 1.82. The zero-order chi connectivity index (χ0) is 5.98. The molecule has 1 amide bonds. The Bertz CT molecular complexity index is 144. The van der Waals surface area contributed by atoms with Gasteiger partial charge in [-0.25, -0.2) is 0 Å². The molecule has 0 aromatic rings. The van der Waals surface area contributed by atoms with Crippen molar-refractivity contribution in [1.29, 1.82) is 0 Å². The molecule has 3 nitrogen and oxygen atoms in total. The Balaban J connectivity index is 2.57. The minimum Gasteiger partial charge on any atom is -0.365 e. The van der Waals surface area contributed by atoms with Crippen molar-refractivity contribution in [2.75, 3.05) is 0 Å². The molecular formula is C3H4N2OS2. The second-order valence-electron chi connectivity index (χ2n) is 1.15. The molecule has 0 aromatic heterocycles. The largest absolute Gasteiger partial charge is 0.365 e. The summed E-state index contributed by atoms with van der Waals surface area (Å²) in [6, 6.07) is 0. The fourth-order valence-electron chi connectivity index (χ4n) is 0.279. The van der Waals surface area contributed by atoms with Crippen LogP contribution < -0.4 is 9.86 Å². The zero-order valence-corrected chi connectivity index (χ0v) is 5.51. The predicted octanol–water partition coefficient (Wildman–Crippen LogP) is 0.213. The Morgan fingerprint density at radius 2 is 2.62 bits per heavy atom. The van der Waals surface area contributed by atoms with Crippen molar-refractivity contribution in [3.63, 3.8) is 0 Å². The highest BCUT2D eigenvalue weighted by Crippen LogP contribution is 2.24. The van der Waals surface area contributed by atoms with Gasteiger partial charge in [-0.3, -0.25) is 4.79 Å². The average Bonchev–Trinajstić information content (AvgIpc) is 2.12. The summed E-state index contributed by atoms with van der Waals surface area (Å²) in [5, 5.41) is 1.69. The summed E-state index contributed by atoms with van der Waals surface area (Å²) >= 11 is 2.61. The van der Waals surface area contributed by atoms with Gasteiger partial charge in [0.25, 0.3) is 5.91 Å². The minimum atomic E-state index is -0.368. The monoisotopic (exact) mass is 148 g/mol. The summed E-state index contributed by atoms with van der Waals surface area (Å²) in [5.74, 6) is -0.368. The van der Waals surface area contributed by atoms with Gasteiger partial charge < -0.3 is 5.73 Å². The molecule has 1 aliphatic heterocycles. The summed E-state index contributed by atoms with van der Waals surface area (Å²) in [5.41, 5.74) is 4.92. The molecule has 0 saturated heterocycles. The Labute approximate surface area is 55.3 Å². The van der Waals surface area contributed by atoms with E-state index in [-0.39, 0.29) is 5.91 Å². The lowest BCUT2D eigenvalue weighted by Gasteiger charge is -1.87. The van der Waals surface area contributed by atoms with Gasteiger partial charge in [0.2, 0.25) is 0 Å². The molecule has 1 heterocycles. The maximum atomic E-state index is 10.3. The van der Waals surface area contributed by atoms with Crippen LogP contribution in [0.4, 0.5) is 0 Å². The number of hydrogen-bond acceptors (Lipinski definition) is 4. The van der Waals surface area contributed by atoms with Gasteiger partial charge in [-0.2, -0.15) is 4.13 Å². The molecule has 8 heavy (non-hydrogen) atoms. The zero-order valence-electron chi connectivity index (χ0n) is 3.88. The summed E-state index contributed by atoms with van der Waals surface area (Å²) in [4.78, 5) is 10.9. The number of carbonyl (C=O) groups excluding carboxylic acids is 1. The van der Waals surface area contributed by atoms with Crippen LogP contribution in [0.5, 0.6) is 0 Å². The van der Waals surface area contributed by atoms with Gasteiger partial charge in [0.05, 0.1) is 4.91 Å². The maximum absolute atomic E-state index is 10.3. The van der Waals surface area contributed by atoms with Crippen LogP contribution in [0.2, 0.25) is 0 Å². The van der Waals surface area contributed by atoms with Crippen molar-refractivity contribution in [2.45, 2.75) is 0 Å². The van der Waals surface area contributed by atoms with Gasteiger partial charge in [-0.05, 0) is 23.9 Å². The third-order valence-corrected chi connectivity index (χ3v) is 2.37. The number of nitrogens with one attached hydrogen (secondary N) is 1. The standard InChI is InChI=1S/C3H4N2OS2/c4-3(6)2-1-7-5-8-2/h1,5H,(H2,4,6). The van der Waals surface area contributed by atoms with Crippen molar-refractivity contribution < 1.29 is 4.79 Å². The van der Waals surface area contributed by atoms with Crippen molar-refractivity contribution in [1.82, 2.24) is 4.13 Å². The van der Waals surface area contributed by atoms with Crippen LogP contribution in [0.1, 0.15) is 0 Å². The summed E-state index contributed by atoms with van der Waals surface area (Å²) < 4.78 is 2.79. The van der Waals surface area contributed by atoms with E-state index in [0.717, 1.165) is 0 Å². The van der Waals surface area contributed by atoms with Crippen LogP contribution in [-0.2, 0) is 4.79 Å². The van der Waals surface area contributed by atoms with E-state index in [1.807, 2.05) is 0 Å². The average molecular weight is 148 g/mol. The Hall–Kier alpha value is -0.130. The van der Waals surface area contributed by atoms with E-state index in [9.17, 15) is 4.79 Å². The normalized spacial score (nSPS) is 18.2. The van der Waals surface area contributed by atoms with E-state index in [1.165, 1.54) is 23.9 Å². The Morgan fingerprint density at radius 1 is 1.88 bits per heavy atom. The maximum Gasteiger partial charge on any atom is 0.257 e. The third kappa shape index (κ3) is 1.18. The molecule has 0 aromatic carbocycles. The number of amides is 1. The van der Waals surface area contributed by atoms with Crippen LogP contribution in [-0.4, -0.2) is 5.91 Å². The Morgan fingerprint density at radius 3 is 2.88 bits per heavy atom. The predicted molar refractivity (Wildman–Crippen MR) is 35.6 cm³/mol. The highest BCUT2D eigenvalue weighted by Gasteiger charge is 2.09. The van der Waals surface area contributed by atoms with Crippen molar-refractivity contribution in [3.05, 3.63) is 10.3 Å². The first-order valence-electron chi connectivity index (χ1n) is 1.88. The van der Waals surface area contributed by atoms with E-state index < -0.39 is 0 Å². The summed E-state index contributed by atoms with van der Waals surface area (Å²) in [6.45, 7) is 0. The van der Waals surface area contributed by atoms with Crippen LogP contribution in [0.15, 0.2) is 10.3 Å². The van der Waals surface area contributed by atoms with Gasteiger partial charge in [0.1, 0.15) is 0 Å². The van der Waals surface area contributed by atoms with E-state index >= 15 is 0 Å². The van der Waals surface area contributed by atoms with Crippen molar-refractivity contribution in [2.24, 2.45) is 5.73 Å². The van der Waals surface area contributed by atoms with E-state index in [1.54, 1.807) is 5.41 Å². The highest BCUT2D eigenvalue weighted by atomic mass is 32.2. The number of primary amides is 1. The lowest BCUT2D eigenvalue weighted by molar-refractivity contribution is -0.113. The van der Waals surface area contributed by atoms with Crippen molar-refractivity contribution >= 4 is 29.8 Å². The number of rotatable bonds is 1. The van der Waals surface area contributed by atoms with Gasteiger partial charge in [-0.1, -0.05) is 0 Å². The first kappa shape index (κ1) is 6.00. The molecule has 0 aliphatic carbocycles. The second kappa shape index (κ2) is 2.43. The molecule has 0 radical (unpaired) electrons. The molecule has 0 unspecified atom stereocenters. The third-order valence-electron chi connectivity index (χ3n) is 0.609. The fourth-order valence-corrected chi connectivity index (χ4v) is 1.68. The SMILES string of the molecule is NC(=O)C1=CSNS1. The van der Waals surface area contributed by atoms with Gasteiger partial charge in [0, 0.05) is 5.41 Å².